The highest BCUT2D eigenvalue weighted by Gasteiger charge is 2.56. The second-order valence-corrected chi connectivity index (χ2v) is 12.5. The van der Waals surface area contributed by atoms with Crippen molar-refractivity contribution < 1.29 is 14.6 Å². The van der Waals surface area contributed by atoms with Crippen LogP contribution in [0.4, 0.5) is 0 Å². The van der Waals surface area contributed by atoms with Crippen LogP contribution in [0.2, 0.25) is 0 Å². The van der Waals surface area contributed by atoms with Crippen molar-refractivity contribution in [1.29, 1.82) is 0 Å². The highest BCUT2D eigenvalue weighted by atomic mass is 16.6. The number of carbonyl (C=O) groups excluding carboxylic acids is 1. The Balaban J connectivity index is 2.35. The highest BCUT2D eigenvalue weighted by Crippen LogP contribution is 2.56. The van der Waals surface area contributed by atoms with E-state index in [0.717, 1.165) is 44.1 Å². The number of hydrogen-bond acceptors (Lipinski definition) is 3. The van der Waals surface area contributed by atoms with Crippen molar-refractivity contribution in [1.82, 2.24) is 0 Å². The largest absolute Gasteiger partial charge is 0.458 e. The van der Waals surface area contributed by atoms with E-state index >= 15 is 0 Å². The molecule has 2 saturated carbocycles. The maximum Gasteiger partial charge on any atom is 0.310 e. The minimum absolute atomic E-state index is 0.0478. The zero-order valence-electron chi connectivity index (χ0n) is 20.5. The normalized spacial score (nSPS) is 34.2. The Kier molecular flexibility index (Phi) is 6.76. The van der Waals surface area contributed by atoms with Gasteiger partial charge >= 0.3 is 5.97 Å². The molecule has 2 aliphatic rings. The molecule has 5 atom stereocenters. The van der Waals surface area contributed by atoms with Crippen LogP contribution in [0.25, 0.3) is 0 Å². The third-order valence-electron chi connectivity index (χ3n) is 7.76. The molecule has 0 aromatic heterocycles. The molecule has 168 valence electrons. The third kappa shape index (κ3) is 4.92. The molecule has 29 heavy (non-hydrogen) atoms. The summed E-state index contributed by atoms with van der Waals surface area (Å²) >= 11 is 0. The molecule has 0 amide bonds. The molecule has 2 bridgehead atoms. The molecule has 2 aliphatic carbocycles. The second kappa shape index (κ2) is 8.02. The third-order valence-corrected chi connectivity index (χ3v) is 7.76. The van der Waals surface area contributed by atoms with Gasteiger partial charge in [-0.05, 0) is 66.8 Å². The van der Waals surface area contributed by atoms with Gasteiger partial charge in [0, 0.05) is 5.92 Å². The predicted octanol–water partition coefficient (Wildman–Crippen LogP) is 6.54. The lowest BCUT2D eigenvalue weighted by Gasteiger charge is -2.55. The molecule has 3 nitrogen and oxygen atoms in total. The number of fused-ring (bicyclic) bond motifs is 2. The maximum absolute atomic E-state index is 13.5. The maximum atomic E-state index is 13.5. The van der Waals surface area contributed by atoms with Crippen molar-refractivity contribution in [2.75, 3.05) is 0 Å². The molecule has 3 heteroatoms. The predicted molar refractivity (Wildman–Crippen MR) is 121 cm³/mol. The van der Waals surface area contributed by atoms with Crippen LogP contribution in [0.15, 0.2) is 12.2 Å². The molecule has 0 heterocycles. The van der Waals surface area contributed by atoms with Crippen molar-refractivity contribution >= 4 is 5.97 Å². The molecule has 5 unspecified atom stereocenters. The fraction of sp³-hybridized carbons (Fsp3) is 0.885. The van der Waals surface area contributed by atoms with Gasteiger partial charge in [-0.25, -0.2) is 0 Å². The minimum atomic E-state index is -0.852. The molecule has 0 radical (unpaired) electrons. The number of aliphatic hydroxyl groups is 1. The van der Waals surface area contributed by atoms with Crippen LogP contribution in [0, 0.1) is 34.5 Å². The number of hydrogen-bond donors (Lipinski definition) is 1. The molecule has 0 spiro atoms. The summed E-state index contributed by atoms with van der Waals surface area (Å²) in [4.78, 5) is 13.5. The van der Waals surface area contributed by atoms with Gasteiger partial charge in [0.2, 0.25) is 0 Å². The summed E-state index contributed by atoms with van der Waals surface area (Å²) in [6.45, 7) is 23.6. The van der Waals surface area contributed by atoms with Gasteiger partial charge in [-0.15, -0.1) is 0 Å². The first-order chi connectivity index (χ1) is 13.1. The van der Waals surface area contributed by atoms with Crippen LogP contribution in [0.5, 0.6) is 0 Å². The van der Waals surface area contributed by atoms with Crippen molar-refractivity contribution in [2.45, 2.75) is 112 Å². The molecule has 2 rings (SSSR count). The summed E-state index contributed by atoms with van der Waals surface area (Å²) in [5.41, 5.74) is -0.592. The topological polar surface area (TPSA) is 46.5 Å². The Hall–Kier alpha value is -0.830. The standard InChI is InChI=1S/C26H46O3/c1-11-25(29-22(27)21(24(8,9)10)16-23(5,6)7)13-12-19-14-20(25)18(4)26(28,15-19)17(2)3/h17,19-21,28H,4,11-16H2,1-3,5-10H3. The Bertz CT molecular complexity index is 621. The molecule has 0 aliphatic heterocycles. The first-order valence-electron chi connectivity index (χ1n) is 11.7. The fourth-order valence-corrected chi connectivity index (χ4v) is 5.66. The number of rotatable bonds is 5. The lowest BCUT2D eigenvalue weighted by atomic mass is 9.55. The molecule has 2 fully saturated rings. The van der Waals surface area contributed by atoms with E-state index in [2.05, 4.69) is 68.9 Å². The van der Waals surface area contributed by atoms with E-state index in [4.69, 9.17) is 4.74 Å². The fourth-order valence-electron chi connectivity index (χ4n) is 5.66. The van der Waals surface area contributed by atoms with E-state index in [0.29, 0.717) is 5.92 Å². The van der Waals surface area contributed by atoms with Gasteiger partial charge in [-0.1, -0.05) is 68.9 Å². The number of ether oxygens (including phenoxy) is 1. The minimum Gasteiger partial charge on any atom is -0.458 e. The smallest absolute Gasteiger partial charge is 0.310 e. The Labute approximate surface area is 179 Å². The van der Waals surface area contributed by atoms with Crippen LogP contribution >= 0.6 is 0 Å². The van der Waals surface area contributed by atoms with Crippen LogP contribution in [-0.4, -0.2) is 22.3 Å². The Morgan fingerprint density at radius 2 is 1.83 bits per heavy atom. The van der Waals surface area contributed by atoms with Crippen LogP contribution in [0.1, 0.15) is 101 Å². The van der Waals surface area contributed by atoms with E-state index in [1.807, 2.05) is 0 Å². The van der Waals surface area contributed by atoms with Crippen molar-refractivity contribution in [3.05, 3.63) is 12.2 Å². The van der Waals surface area contributed by atoms with Crippen molar-refractivity contribution in [3.63, 3.8) is 0 Å². The van der Waals surface area contributed by atoms with Gasteiger partial charge in [0.25, 0.3) is 0 Å². The number of esters is 1. The quantitative estimate of drug-likeness (QED) is 0.416. The molecule has 1 N–H and O–H groups in total. The van der Waals surface area contributed by atoms with Crippen LogP contribution in [0.3, 0.4) is 0 Å². The van der Waals surface area contributed by atoms with Crippen molar-refractivity contribution in [2.24, 2.45) is 34.5 Å². The summed E-state index contributed by atoms with van der Waals surface area (Å²) in [6, 6.07) is 0. The van der Waals surface area contributed by atoms with E-state index in [9.17, 15) is 9.90 Å². The highest BCUT2D eigenvalue weighted by molar-refractivity contribution is 5.74. The molecule has 0 aromatic carbocycles. The SMILES string of the molecule is C=C1C2CC(CCC2(CC)OC(=O)C(CC(C)(C)C)C(C)(C)C)CC1(O)C(C)C. The van der Waals surface area contributed by atoms with Gasteiger partial charge in [0.05, 0.1) is 11.5 Å². The van der Waals surface area contributed by atoms with Gasteiger partial charge < -0.3 is 9.84 Å². The van der Waals surface area contributed by atoms with Gasteiger partial charge in [-0.2, -0.15) is 0 Å². The lowest BCUT2D eigenvalue weighted by molar-refractivity contribution is -0.188. The lowest BCUT2D eigenvalue weighted by Crippen LogP contribution is -2.57. The number of carbonyl (C=O) groups is 1. The van der Waals surface area contributed by atoms with Crippen molar-refractivity contribution in [3.8, 4) is 0 Å². The van der Waals surface area contributed by atoms with E-state index in [1.165, 1.54) is 0 Å². The zero-order chi connectivity index (χ0) is 22.4. The summed E-state index contributed by atoms with van der Waals surface area (Å²) in [6.07, 6.45) is 5.25. The second-order valence-electron chi connectivity index (χ2n) is 12.5. The molecular formula is C26H46O3. The van der Waals surface area contributed by atoms with Gasteiger partial charge in [0.1, 0.15) is 5.60 Å². The van der Waals surface area contributed by atoms with Crippen LogP contribution < -0.4 is 0 Å². The first-order valence-corrected chi connectivity index (χ1v) is 11.7. The van der Waals surface area contributed by atoms with Gasteiger partial charge in [0.15, 0.2) is 0 Å². The summed E-state index contributed by atoms with van der Waals surface area (Å²) < 4.78 is 6.48. The Morgan fingerprint density at radius 3 is 2.28 bits per heavy atom. The summed E-state index contributed by atoms with van der Waals surface area (Å²) in [5, 5.41) is 11.4. The van der Waals surface area contributed by atoms with E-state index in [-0.39, 0.29) is 34.6 Å². The summed E-state index contributed by atoms with van der Waals surface area (Å²) in [5.74, 6) is 0.436. The Morgan fingerprint density at radius 1 is 1.24 bits per heavy atom. The van der Waals surface area contributed by atoms with Gasteiger partial charge in [-0.3, -0.25) is 4.79 Å². The first kappa shape index (κ1) is 24.4. The van der Waals surface area contributed by atoms with Crippen LogP contribution in [-0.2, 0) is 9.53 Å². The zero-order valence-corrected chi connectivity index (χ0v) is 20.5. The average molecular weight is 407 g/mol. The average Bonchev–Trinajstić information content (AvgIpc) is 2.57. The molecular weight excluding hydrogens is 360 g/mol. The summed E-state index contributed by atoms with van der Waals surface area (Å²) in [7, 11) is 0. The molecule has 0 saturated heterocycles. The molecule has 0 aromatic rings. The van der Waals surface area contributed by atoms with E-state index < -0.39 is 11.2 Å². The van der Waals surface area contributed by atoms with E-state index in [1.54, 1.807) is 0 Å². The monoisotopic (exact) mass is 406 g/mol.